The molecule has 2 N–H and O–H groups in total. The standard InChI is InChI=1S/C5H9F2N/c6-5(7)2-1-4(5)3-8/h4H,1-3,8H2/t4-/m0/s1. The Balaban J connectivity index is 2.37. The highest BCUT2D eigenvalue weighted by Crippen LogP contribution is 2.42. The van der Waals surface area contributed by atoms with Crippen LogP contribution in [0.25, 0.3) is 0 Å². The van der Waals surface area contributed by atoms with E-state index in [2.05, 4.69) is 0 Å². The molecule has 0 aromatic rings. The van der Waals surface area contributed by atoms with E-state index in [0.29, 0.717) is 6.42 Å². The summed E-state index contributed by atoms with van der Waals surface area (Å²) in [6.45, 7) is 0.132. The number of alkyl halides is 2. The number of hydrogen-bond acceptors (Lipinski definition) is 1. The summed E-state index contributed by atoms with van der Waals surface area (Å²) in [4.78, 5) is 0. The van der Waals surface area contributed by atoms with Crippen LogP contribution < -0.4 is 5.73 Å². The summed E-state index contributed by atoms with van der Waals surface area (Å²) in [5, 5.41) is 0. The average molecular weight is 121 g/mol. The maximum atomic E-state index is 12.1. The Morgan fingerprint density at radius 2 is 2.25 bits per heavy atom. The molecule has 0 unspecified atom stereocenters. The molecule has 48 valence electrons. The maximum absolute atomic E-state index is 12.1. The summed E-state index contributed by atoms with van der Waals surface area (Å²) >= 11 is 0. The fraction of sp³-hybridized carbons (Fsp3) is 1.00. The quantitative estimate of drug-likeness (QED) is 0.550. The van der Waals surface area contributed by atoms with E-state index < -0.39 is 11.8 Å². The first-order valence-electron chi connectivity index (χ1n) is 2.74. The van der Waals surface area contributed by atoms with E-state index >= 15 is 0 Å². The van der Waals surface area contributed by atoms with Gasteiger partial charge in [-0.25, -0.2) is 8.78 Å². The molecule has 8 heavy (non-hydrogen) atoms. The first-order valence-corrected chi connectivity index (χ1v) is 2.74. The fourth-order valence-electron chi connectivity index (χ4n) is 0.857. The van der Waals surface area contributed by atoms with E-state index in [1.54, 1.807) is 0 Å². The topological polar surface area (TPSA) is 26.0 Å². The van der Waals surface area contributed by atoms with Crippen LogP contribution in [0, 0.1) is 5.92 Å². The Bertz CT molecular complexity index is 90.4. The summed E-state index contributed by atoms with van der Waals surface area (Å²) in [5.41, 5.74) is 5.03. The van der Waals surface area contributed by atoms with Crippen LogP contribution in [0.5, 0.6) is 0 Å². The van der Waals surface area contributed by atoms with Gasteiger partial charge in [0.05, 0.1) is 0 Å². The van der Waals surface area contributed by atoms with Crippen molar-refractivity contribution in [3.63, 3.8) is 0 Å². The minimum absolute atomic E-state index is 0.0366. The highest BCUT2D eigenvalue weighted by molar-refractivity contribution is 4.88. The molecule has 0 bridgehead atoms. The van der Waals surface area contributed by atoms with E-state index in [0.717, 1.165) is 0 Å². The number of halogens is 2. The van der Waals surface area contributed by atoms with Crippen molar-refractivity contribution in [2.45, 2.75) is 18.8 Å². The van der Waals surface area contributed by atoms with E-state index in [4.69, 9.17) is 5.73 Å². The maximum Gasteiger partial charge on any atom is 0.252 e. The molecule has 1 nitrogen and oxygen atoms in total. The van der Waals surface area contributed by atoms with Crippen molar-refractivity contribution < 1.29 is 8.78 Å². The zero-order chi connectivity index (χ0) is 6.20. The minimum atomic E-state index is -2.44. The van der Waals surface area contributed by atoms with Crippen LogP contribution in [-0.2, 0) is 0 Å². The van der Waals surface area contributed by atoms with Gasteiger partial charge in [0.2, 0.25) is 0 Å². The van der Waals surface area contributed by atoms with Crippen molar-refractivity contribution in [1.29, 1.82) is 0 Å². The van der Waals surface area contributed by atoms with Crippen LogP contribution in [0.4, 0.5) is 8.78 Å². The fourth-order valence-corrected chi connectivity index (χ4v) is 0.857. The molecule has 1 atom stereocenters. The Kier molecular flexibility index (Phi) is 1.23. The summed E-state index contributed by atoms with van der Waals surface area (Å²) in [5.74, 6) is -2.96. The molecule has 0 aliphatic heterocycles. The third kappa shape index (κ3) is 0.708. The summed E-state index contributed by atoms with van der Waals surface area (Å²) in [7, 11) is 0. The van der Waals surface area contributed by atoms with E-state index in [-0.39, 0.29) is 13.0 Å². The lowest BCUT2D eigenvalue weighted by atomic mass is 9.81. The smallest absolute Gasteiger partial charge is 0.252 e. The van der Waals surface area contributed by atoms with E-state index in [1.807, 2.05) is 0 Å². The molecule has 1 saturated carbocycles. The first-order chi connectivity index (χ1) is 3.67. The minimum Gasteiger partial charge on any atom is -0.330 e. The van der Waals surface area contributed by atoms with Crippen LogP contribution in [0.2, 0.25) is 0 Å². The second kappa shape index (κ2) is 1.65. The number of rotatable bonds is 1. The van der Waals surface area contributed by atoms with Gasteiger partial charge in [-0.05, 0) is 6.42 Å². The summed E-state index contributed by atoms with van der Waals surface area (Å²) < 4.78 is 24.2. The van der Waals surface area contributed by atoms with Crippen molar-refractivity contribution in [3.8, 4) is 0 Å². The van der Waals surface area contributed by atoms with Gasteiger partial charge in [0.15, 0.2) is 0 Å². The molecular formula is C5H9F2N. The zero-order valence-electron chi connectivity index (χ0n) is 4.53. The van der Waals surface area contributed by atoms with Crippen molar-refractivity contribution >= 4 is 0 Å². The van der Waals surface area contributed by atoms with E-state index in [9.17, 15) is 8.78 Å². The normalized spacial score (nSPS) is 34.1. The molecule has 1 fully saturated rings. The highest BCUT2D eigenvalue weighted by atomic mass is 19.3. The first kappa shape index (κ1) is 5.95. The third-order valence-corrected chi connectivity index (χ3v) is 1.71. The summed E-state index contributed by atoms with van der Waals surface area (Å²) in [6, 6.07) is 0. The Labute approximate surface area is 46.9 Å². The number of nitrogens with two attached hydrogens (primary N) is 1. The lowest BCUT2D eigenvalue weighted by molar-refractivity contribution is -0.127. The Hall–Kier alpha value is -0.180. The molecular weight excluding hydrogens is 112 g/mol. The molecule has 1 aliphatic carbocycles. The van der Waals surface area contributed by atoms with Gasteiger partial charge in [0.1, 0.15) is 0 Å². The number of hydrogen-bond donors (Lipinski definition) is 1. The zero-order valence-corrected chi connectivity index (χ0v) is 4.53. The predicted octanol–water partition coefficient (Wildman–Crippen LogP) is 0.990. The SMILES string of the molecule is NC[C@@H]1CCC1(F)F. The molecule has 0 spiro atoms. The van der Waals surface area contributed by atoms with Crippen molar-refractivity contribution in [3.05, 3.63) is 0 Å². The van der Waals surface area contributed by atoms with Crippen molar-refractivity contribution in [1.82, 2.24) is 0 Å². The van der Waals surface area contributed by atoms with Crippen LogP contribution >= 0.6 is 0 Å². The molecule has 0 saturated heterocycles. The Morgan fingerprint density at radius 1 is 1.62 bits per heavy atom. The molecule has 3 heteroatoms. The molecule has 1 rings (SSSR count). The van der Waals surface area contributed by atoms with Crippen LogP contribution in [0.15, 0.2) is 0 Å². The van der Waals surface area contributed by atoms with Gasteiger partial charge in [-0.15, -0.1) is 0 Å². The van der Waals surface area contributed by atoms with Gasteiger partial charge in [-0.3, -0.25) is 0 Å². The largest absolute Gasteiger partial charge is 0.330 e. The van der Waals surface area contributed by atoms with E-state index in [1.165, 1.54) is 0 Å². The van der Waals surface area contributed by atoms with Gasteiger partial charge in [0.25, 0.3) is 5.92 Å². The molecule has 0 aromatic carbocycles. The van der Waals surface area contributed by atoms with Gasteiger partial charge in [-0.1, -0.05) is 0 Å². The van der Waals surface area contributed by atoms with Gasteiger partial charge in [-0.2, -0.15) is 0 Å². The van der Waals surface area contributed by atoms with Gasteiger partial charge < -0.3 is 5.73 Å². The molecule has 0 radical (unpaired) electrons. The molecule has 0 aromatic heterocycles. The molecule has 1 aliphatic rings. The monoisotopic (exact) mass is 121 g/mol. The molecule has 0 heterocycles. The van der Waals surface area contributed by atoms with Crippen molar-refractivity contribution in [2.75, 3.05) is 6.54 Å². The second-order valence-corrected chi connectivity index (χ2v) is 2.23. The van der Waals surface area contributed by atoms with Gasteiger partial charge >= 0.3 is 0 Å². The average Bonchev–Trinajstić information content (AvgIpc) is 1.66. The highest BCUT2D eigenvalue weighted by Gasteiger charge is 2.46. The predicted molar refractivity (Wildman–Crippen MR) is 26.7 cm³/mol. The van der Waals surface area contributed by atoms with Gasteiger partial charge in [0, 0.05) is 18.9 Å². The lowest BCUT2D eigenvalue weighted by Gasteiger charge is -2.35. The van der Waals surface area contributed by atoms with Crippen molar-refractivity contribution in [2.24, 2.45) is 11.7 Å². The van der Waals surface area contributed by atoms with Crippen LogP contribution in [0.1, 0.15) is 12.8 Å². The molecule has 0 amide bonds. The van der Waals surface area contributed by atoms with Crippen LogP contribution in [0.3, 0.4) is 0 Å². The lowest BCUT2D eigenvalue weighted by Crippen LogP contribution is -2.43. The summed E-state index contributed by atoms with van der Waals surface area (Å²) in [6.07, 6.45) is 0.637. The second-order valence-electron chi connectivity index (χ2n) is 2.23. The Morgan fingerprint density at radius 3 is 2.25 bits per heavy atom. The third-order valence-electron chi connectivity index (χ3n) is 1.71. The van der Waals surface area contributed by atoms with Crippen LogP contribution in [-0.4, -0.2) is 12.5 Å².